The second-order valence-electron chi connectivity index (χ2n) is 4.72. The third-order valence-electron chi connectivity index (χ3n) is 3.20. The van der Waals surface area contributed by atoms with Crippen molar-refractivity contribution in [3.8, 4) is 0 Å². The lowest BCUT2D eigenvalue weighted by atomic mass is 10.1. The summed E-state index contributed by atoms with van der Waals surface area (Å²) >= 11 is 5.93. The van der Waals surface area contributed by atoms with Gasteiger partial charge in [-0.15, -0.1) is 0 Å². The van der Waals surface area contributed by atoms with Gasteiger partial charge in [0.05, 0.1) is 6.10 Å². The lowest BCUT2D eigenvalue weighted by Gasteiger charge is -2.26. The second kappa shape index (κ2) is 6.86. The van der Waals surface area contributed by atoms with Crippen molar-refractivity contribution in [1.29, 1.82) is 0 Å². The first-order valence-electron chi connectivity index (χ1n) is 6.77. The molecule has 1 fully saturated rings. The molecule has 7 heteroatoms. The molecule has 0 radical (unpaired) electrons. The number of aliphatic hydroxyl groups excluding tert-OH is 1. The van der Waals surface area contributed by atoms with Crippen LogP contribution in [0, 0.1) is 0 Å². The summed E-state index contributed by atoms with van der Waals surface area (Å²) < 4.78 is 0. The Morgan fingerprint density at radius 3 is 2.68 bits per heavy atom. The molecule has 1 atom stereocenters. The highest BCUT2D eigenvalue weighted by Crippen LogP contribution is 2.18. The van der Waals surface area contributed by atoms with Crippen molar-refractivity contribution in [3.05, 3.63) is 5.28 Å². The molecular weight excluding hydrogens is 266 g/mol. The number of nitrogens with zero attached hydrogens (tertiary/aromatic N) is 4. The van der Waals surface area contributed by atoms with Crippen LogP contribution in [-0.4, -0.2) is 45.8 Å². The highest BCUT2D eigenvalue weighted by molar-refractivity contribution is 6.28. The standard InChI is InChI=1S/C12H20ClN5O/c1-2-9(19)8-14-11-15-10(13)16-12(17-11)18-6-4-3-5-7-18/h9,19H,2-8H2,1H3,(H,14,15,16,17). The van der Waals surface area contributed by atoms with Gasteiger partial charge in [-0.1, -0.05) is 6.92 Å². The van der Waals surface area contributed by atoms with Gasteiger partial charge < -0.3 is 15.3 Å². The summed E-state index contributed by atoms with van der Waals surface area (Å²) in [4.78, 5) is 14.7. The van der Waals surface area contributed by atoms with E-state index in [0.717, 1.165) is 25.9 Å². The van der Waals surface area contributed by atoms with E-state index in [-0.39, 0.29) is 5.28 Å². The predicted molar refractivity (Wildman–Crippen MR) is 75.7 cm³/mol. The Labute approximate surface area is 118 Å². The largest absolute Gasteiger partial charge is 0.391 e. The Morgan fingerprint density at radius 2 is 2.00 bits per heavy atom. The third kappa shape index (κ3) is 4.18. The molecule has 6 nitrogen and oxygen atoms in total. The van der Waals surface area contributed by atoms with E-state index in [2.05, 4.69) is 25.2 Å². The minimum Gasteiger partial charge on any atom is -0.391 e. The zero-order valence-corrected chi connectivity index (χ0v) is 11.9. The van der Waals surface area contributed by atoms with E-state index in [1.54, 1.807) is 0 Å². The van der Waals surface area contributed by atoms with E-state index in [4.69, 9.17) is 11.6 Å². The number of rotatable bonds is 5. The van der Waals surface area contributed by atoms with E-state index in [9.17, 15) is 5.11 Å². The maximum atomic E-state index is 9.53. The van der Waals surface area contributed by atoms with Crippen LogP contribution in [0.5, 0.6) is 0 Å². The number of aromatic nitrogens is 3. The van der Waals surface area contributed by atoms with Crippen molar-refractivity contribution in [3.63, 3.8) is 0 Å². The lowest BCUT2D eigenvalue weighted by molar-refractivity contribution is 0.183. The fourth-order valence-electron chi connectivity index (χ4n) is 2.01. The average molecular weight is 286 g/mol. The van der Waals surface area contributed by atoms with Gasteiger partial charge in [-0.3, -0.25) is 0 Å². The summed E-state index contributed by atoms with van der Waals surface area (Å²) in [7, 11) is 0. The van der Waals surface area contributed by atoms with Gasteiger partial charge in [-0.05, 0) is 37.3 Å². The van der Waals surface area contributed by atoms with Crippen LogP contribution < -0.4 is 10.2 Å². The second-order valence-corrected chi connectivity index (χ2v) is 5.06. The molecule has 0 aromatic carbocycles. The van der Waals surface area contributed by atoms with Crippen LogP contribution >= 0.6 is 11.6 Å². The predicted octanol–water partition coefficient (Wildman–Crippen LogP) is 1.70. The number of piperidine rings is 1. The van der Waals surface area contributed by atoms with E-state index < -0.39 is 6.10 Å². The van der Waals surface area contributed by atoms with E-state index in [1.165, 1.54) is 6.42 Å². The van der Waals surface area contributed by atoms with Crippen LogP contribution in [0.2, 0.25) is 5.28 Å². The van der Waals surface area contributed by atoms with Crippen molar-refractivity contribution in [2.75, 3.05) is 29.9 Å². The topological polar surface area (TPSA) is 74.2 Å². The van der Waals surface area contributed by atoms with E-state index in [0.29, 0.717) is 24.9 Å². The molecular formula is C12H20ClN5O. The molecule has 106 valence electrons. The Balaban J connectivity index is 2.05. The minimum absolute atomic E-state index is 0.184. The van der Waals surface area contributed by atoms with Gasteiger partial charge in [-0.2, -0.15) is 15.0 Å². The van der Waals surface area contributed by atoms with Crippen molar-refractivity contribution < 1.29 is 5.11 Å². The van der Waals surface area contributed by atoms with Crippen LogP contribution in [0.3, 0.4) is 0 Å². The van der Waals surface area contributed by atoms with Crippen molar-refractivity contribution in [2.45, 2.75) is 38.7 Å². The zero-order valence-electron chi connectivity index (χ0n) is 11.1. The molecule has 1 aromatic rings. The molecule has 19 heavy (non-hydrogen) atoms. The van der Waals surface area contributed by atoms with E-state index >= 15 is 0 Å². The van der Waals surface area contributed by atoms with Gasteiger partial charge in [0.2, 0.25) is 17.2 Å². The van der Waals surface area contributed by atoms with Gasteiger partial charge >= 0.3 is 0 Å². The molecule has 0 spiro atoms. The molecule has 1 aliphatic rings. The lowest BCUT2D eigenvalue weighted by Crippen LogP contribution is -2.31. The molecule has 1 aliphatic heterocycles. The van der Waals surface area contributed by atoms with Gasteiger partial charge in [-0.25, -0.2) is 0 Å². The molecule has 2 rings (SSSR count). The number of anilines is 2. The van der Waals surface area contributed by atoms with Crippen molar-refractivity contribution in [2.24, 2.45) is 0 Å². The molecule has 0 amide bonds. The molecule has 1 aromatic heterocycles. The number of hydrogen-bond donors (Lipinski definition) is 2. The summed E-state index contributed by atoms with van der Waals surface area (Å²) in [5.41, 5.74) is 0. The Hall–Kier alpha value is -1.14. The number of aliphatic hydroxyl groups is 1. The van der Waals surface area contributed by atoms with Crippen LogP contribution in [-0.2, 0) is 0 Å². The van der Waals surface area contributed by atoms with Gasteiger partial charge in [0, 0.05) is 19.6 Å². The third-order valence-corrected chi connectivity index (χ3v) is 3.37. The molecule has 2 heterocycles. The molecule has 0 bridgehead atoms. The summed E-state index contributed by atoms with van der Waals surface area (Å²) in [6.45, 7) is 4.25. The fraction of sp³-hybridized carbons (Fsp3) is 0.750. The molecule has 1 unspecified atom stereocenters. The van der Waals surface area contributed by atoms with Crippen molar-refractivity contribution >= 4 is 23.5 Å². The summed E-state index contributed by atoms with van der Waals surface area (Å²) in [6, 6.07) is 0. The quantitative estimate of drug-likeness (QED) is 0.858. The van der Waals surface area contributed by atoms with E-state index in [1.807, 2.05) is 6.92 Å². The fourth-order valence-corrected chi connectivity index (χ4v) is 2.16. The first-order chi connectivity index (χ1) is 9.19. The first-order valence-corrected chi connectivity index (χ1v) is 7.15. The van der Waals surface area contributed by atoms with Gasteiger partial charge in [0.1, 0.15) is 0 Å². The van der Waals surface area contributed by atoms with Crippen LogP contribution in [0.1, 0.15) is 32.6 Å². The van der Waals surface area contributed by atoms with Crippen LogP contribution in [0.25, 0.3) is 0 Å². The number of hydrogen-bond acceptors (Lipinski definition) is 6. The van der Waals surface area contributed by atoms with Crippen LogP contribution in [0.4, 0.5) is 11.9 Å². The summed E-state index contributed by atoms with van der Waals surface area (Å²) in [5, 5.41) is 12.7. The highest BCUT2D eigenvalue weighted by Gasteiger charge is 2.15. The molecule has 0 aliphatic carbocycles. The monoisotopic (exact) mass is 285 g/mol. The Kier molecular flexibility index (Phi) is 5.15. The number of halogens is 1. The minimum atomic E-state index is -0.408. The Morgan fingerprint density at radius 1 is 1.26 bits per heavy atom. The Bertz CT molecular complexity index is 411. The normalized spacial score (nSPS) is 17.3. The number of nitrogens with one attached hydrogen (secondary N) is 1. The highest BCUT2D eigenvalue weighted by atomic mass is 35.5. The van der Waals surface area contributed by atoms with Gasteiger partial charge in [0.25, 0.3) is 0 Å². The zero-order chi connectivity index (χ0) is 13.7. The molecule has 2 N–H and O–H groups in total. The van der Waals surface area contributed by atoms with Crippen molar-refractivity contribution in [1.82, 2.24) is 15.0 Å². The van der Waals surface area contributed by atoms with Crippen LogP contribution in [0.15, 0.2) is 0 Å². The van der Waals surface area contributed by atoms with Gasteiger partial charge in [0.15, 0.2) is 0 Å². The summed E-state index contributed by atoms with van der Waals surface area (Å²) in [5.74, 6) is 1.04. The SMILES string of the molecule is CCC(O)CNc1nc(Cl)nc(N2CCCCC2)n1. The summed E-state index contributed by atoms with van der Waals surface area (Å²) in [6.07, 6.45) is 3.84. The smallest absolute Gasteiger partial charge is 0.231 e. The maximum absolute atomic E-state index is 9.53. The molecule has 1 saturated heterocycles. The average Bonchev–Trinajstić information content (AvgIpc) is 2.45. The molecule has 0 saturated carbocycles. The maximum Gasteiger partial charge on any atom is 0.231 e. The first kappa shape index (κ1) is 14.3.